The molecule has 2 aromatic carbocycles. The molecule has 0 aromatic heterocycles. The second-order valence-corrected chi connectivity index (χ2v) is 4.67. The highest BCUT2D eigenvalue weighted by atomic mass is 16.5. The first-order chi connectivity index (χ1) is 11.1. The fourth-order valence-corrected chi connectivity index (χ4v) is 2.13. The highest BCUT2D eigenvalue weighted by Crippen LogP contribution is 2.32. The number of rotatable bonds is 5. The van der Waals surface area contributed by atoms with E-state index < -0.39 is 0 Å². The van der Waals surface area contributed by atoms with E-state index in [0.29, 0.717) is 28.4 Å². The van der Waals surface area contributed by atoms with E-state index in [-0.39, 0.29) is 5.75 Å². The molecule has 0 heterocycles. The van der Waals surface area contributed by atoms with Crippen molar-refractivity contribution in [3.63, 3.8) is 0 Å². The summed E-state index contributed by atoms with van der Waals surface area (Å²) < 4.78 is 15.5. The van der Waals surface area contributed by atoms with Gasteiger partial charge in [0.25, 0.3) is 0 Å². The van der Waals surface area contributed by atoms with Crippen LogP contribution in [-0.4, -0.2) is 26.4 Å². The molecule has 0 unspecified atom stereocenters. The van der Waals surface area contributed by atoms with Crippen molar-refractivity contribution in [1.29, 1.82) is 5.26 Å². The minimum atomic E-state index is 0.0503. The Kier molecular flexibility index (Phi) is 5.11. The molecule has 0 spiro atoms. The fourth-order valence-electron chi connectivity index (χ4n) is 2.13. The monoisotopic (exact) mass is 311 g/mol. The van der Waals surface area contributed by atoms with Gasteiger partial charge in [0.15, 0.2) is 23.0 Å². The average Bonchev–Trinajstić information content (AvgIpc) is 2.60. The van der Waals surface area contributed by atoms with Crippen LogP contribution in [0.15, 0.2) is 36.4 Å². The largest absolute Gasteiger partial charge is 0.504 e. The maximum atomic E-state index is 9.63. The van der Waals surface area contributed by atoms with Crippen LogP contribution in [0.25, 0.3) is 11.6 Å². The summed E-state index contributed by atoms with van der Waals surface area (Å²) in [7, 11) is 4.58. The van der Waals surface area contributed by atoms with Crippen LogP contribution in [0.2, 0.25) is 0 Å². The van der Waals surface area contributed by atoms with Gasteiger partial charge in [-0.25, -0.2) is 0 Å². The molecule has 0 amide bonds. The van der Waals surface area contributed by atoms with Gasteiger partial charge in [-0.15, -0.1) is 0 Å². The van der Waals surface area contributed by atoms with Crippen molar-refractivity contribution in [2.24, 2.45) is 0 Å². The lowest BCUT2D eigenvalue weighted by molar-refractivity contribution is 0.355. The third kappa shape index (κ3) is 3.55. The molecule has 23 heavy (non-hydrogen) atoms. The second kappa shape index (κ2) is 7.23. The van der Waals surface area contributed by atoms with Gasteiger partial charge < -0.3 is 19.3 Å². The van der Waals surface area contributed by atoms with Crippen molar-refractivity contribution in [2.45, 2.75) is 0 Å². The lowest BCUT2D eigenvalue weighted by atomic mass is 10.0. The van der Waals surface area contributed by atoms with Crippen molar-refractivity contribution in [3.05, 3.63) is 47.5 Å². The van der Waals surface area contributed by atoms with Crippen molar-refractivity contribution < 1.29 is 19.3 Å². The molecule has 0 radical (unpaired) electrons. The minimum absolute atomic E-state index is 0.0503. The summed E-state index contributed by atoms with van der Waals surface area (Å²) in [6, 6.07) is 12.3. The van der Waals surface area contributed by atoms with Crippen molar-refractivity contribution in [1.82, 2.24) is 0 Å². The van der Waals surface area contributed by atoms with Gasteiger partial charge >= 0.3 is 0 Å². The number of phenols is 1. The summed E-state index contributed by atoms with van der Waals surface area (Å²) in [6.45, 7) is 0. The summed E-state index contributed by atoms with van der Waals surface area (Å²) in [6.07, 6.45) is 1.71. The van der Waals surface area contributed by atoms with Gasteiger partial charge in [0.1, 0.15) is 0 Å². The Morgan fingerprint density at radius 2 is 1.65 bits per heavy atom. The van der Waals surface area contributed by atoms with Crippen LogP contribution >= 0.6 is 0 Å². The molecule has 0 saturated heterocycles. The zero-order valence-corrected chi connectivity index (χ0v) is 13.2. The Balaban J connectivity index is 2.45. The van der Waals surface area contributed by atoms with Gasteiger partial charge in [0.05, 0.1) is 33.0 Å². The molecule has 0 fully saturated rings. The molecule has 1 N–H and O–H groups in total. The third-order valence-electron chi connectivity index (χ3n) is 3.33. The van der Waals surface area contributed by atoms with Gasteiger partial charge in [0, 0.05) is 0 Å². The van der Waals surface area contributed by atoms with E-state index in [1.165, 1.54) is 13.2 Å². The standard InChI is InChI=1S/C18H17NO4/c1-21-16-7-5-13(10-18(16)23-3)14(11-19)8-12-4-6-15(20)17(9-12)22-2/h4-10,20H,1-3H3/b14-8-. The molecule has 0 aliphatic carbocycles. The highest BCUT2D eigenvalue weighted by molar-refractivity contribution is 5.90. The predicted octanol–water partition coefficient (Wildman–Crippen LogP) is 3.48. The normalized spacial score (nSPS) is 10.8. The number of ether oxygens (including phenoxy) is 3. The van der Waals surface area contributed by atoms with E-state index in [1.807, 2.05) is 0 Å². The van der Waals surface area contributed by atoms with Crippen LogP contribution < -0.4 is 14.2 Å². The number of nitriles is 1. The quantitative estimate of drug-likeness (QED) is 0.676. The lowest BCUT2D eigenvalue weighted by Gasteiger charge is -2.09. The molecule has 0 aliphatic rings. The number of allylic oxidation sites excluding steroid dienone is 1. The SMILES string of the molecule is COc1cc(/C=C(/C#N)c2ccc(OC)c(OC)c2)ccc1O. The van der Waals surface area contributed by atoms with Crippen LogP contribution in [0.3, 0.4) is 0 Å². The maximum absolute atomic E-state index is 9.63. The molecule has 2 aromatic rings. The predicted molar refractivity (Wildman–Crippen MR) is 87.7 cm³/mol. The lowest BCUT2D eigenvalue weighted by Crippen LogP contribution is -1.92. The van der Waals surface area contributed by atoms with Crippen LogP contribution in [0.5, 0.6) is 23.0 Å². The van der Waals surface area contributed by atoms with E-state index in [1.54, 1.807) is 50.6 Å². The fraction of sp³-hybridized carbons (Fsp3) is 0.167. The van der Waals surface area contributed by atoms with Gasteiger partial charge in [-0.05, 0) is 47.5 Å². The van der Waals surface area contributed by atoms with Crippen molar-refractivity contribution >= 4 is 11.6 Å². The molecule has 5 nitrogen and oxygen atoms in total. The number of hydrogen-bond donors (Lipinski definition) is 1. The van der Waals surface area contributed by atoms with Crippen LogP contribution in [0, 0.1) is 11.3 Å². The van der Waals surface area contributed by atoms with E-state index in [4.69, 9.17) is 14.2 Å². The van der Waals surface area contributed by atoms with Crippen molar-refractivity contribution in [2.75, 3.05) is 21.3 Å². The zero-order chi connectivity index (χ0) is 16.8. The topological polar surface area (TPSA) is 71.7 Å². The molecule has 118 valence electrons. The molecule has 0 saturated carbocycles. The summed E-state index contributed by atoms with van der Waals surface area (Å²) in [5, 5.41) is 19.1. The first kappa shape index (κ1) is 16.2. The summed E-state index contributed by atoms with van der Waals surface area (Å²) in [4.78, 5) is 0. The van der Waals surface area contributed by atoms with Gasteiger partial charge in [-0.1, -0.05) is 6.07 Å². The van der Waals surface area contributed by atoms with E-state index >= 15 is 0 Å². The number of aromatic hydroxyl groups is 1. The average molecular weight is 311 g/mol. The molecule has 0 bridgehead atoms. The first-order valence-corrected chi connectivity index (χ1v) is 6.84. The highest BCUT2D eigenvalue weighted by Gasteiger charge is 2.09. The van der Waals surface area contributed by atoms with Gasteiger partial charge in [-0.2, -0.15) is 5.26 Å². The summed E-state index contributed by atoms with van der Waals surface area (Å²) >= 11 is 0. The molecule has 5 heteroatoms. The van der Waals surface area contributed by atoms with E-state index in [2.05, 4.69) is 6.07 Å². The van der Waals surface area contributed by atoms with Crippen LogP contribution in [0.4, 0.5) is 0 Å². The minimum Gasteiger partial charge on any atom is -0.504 e. The Morgan fingerprint density at radius 3 is 2.26 bits per heavy atom. The third-order valence-corrected chi connectivity index (χ3v) is 3.33. The number of hydrogen-bond acceptors (Lipinski definition) is 5. The number of phenolic OH excluding ortho intramolecular Hbond substituents is 1. The van der Waals surface area contributed by atoms with Crippen LogP contribution in [0.1, 0.15) is 11.1 Å². The van der Waals surface area contributed by atoms with Gasteiger partial charge in [-0.3, -0.25) is 0 Å². The number of benzene rings is 2. The smallest absolute Gasteiger partial charge is 0.161 e. The van der Waals surface area contributed by atoms with E-state index in [9.17, 15) is 10.4 Å². The Bertz CT molecular complexity index is 775. The molecule has 0 aliphatic heterocycles. The second-order valence-electron chi connectivity index (χ2n) is 4.67. The first-order valence-electron chi connectivity index (χ1n) is 6.84. The Labute approximate surface area is 135 Å². The number of methoxy groups -OCH3 is 3. The zero-order valence-electron chi connectivity index (χ0n) is 13.2. The molecule has 0 atom stereocenters. The van der Waals surface area contributed by atoms with Gasteiger partial charge in [0.2, 0.25) is 0 Å². The van der Waals surface area contributed by atoms with Crippen LogP contribution in [-0.2, 0) is 0 Å². The Morgan fingerprint density at radius 1 is 0.957 bits per heavy atom. The maximum Gasteiger partial charge on any atom is 0.161 e. The van der Waals surface area contributed by atoms with Crippen molar-refractivity contribution in [3.8, 4) is 29.1 Å². The number of nitrogens with zero attached hydrogens (tertiary/aromatic N) is 1. The molecular formula is C18H17NO4. The Hall–Kier alpha value is -3.13. The summed E-state index contributed by atoms with van der Waals surface area (Å²) in [5.74, 6) is 1.55. The summed E-state index contributed by atoms with van der Waals surface area (Å²) in [5.41, 5.74) is 1.90. The van der Waals surface area contributed by atoms with E-state index in [0.717, 1.165) is 5.56 Å². The molecule has 2 rings (SSSR count). The molecular weight excluding hydrogens is 294 g/mol.